The maximum Gasteiger partial charge on any atom is 0.277 e. The van der Waals surface area contributed by atoms with E-state index in [1.807, 2.05) is 0 Å². The number of carbonyl (C=O) groups excluding carboxylic acids is 1. The molecule has 0 bridgehead atoms. The van der Waals surface area contributed by atoms with Crippen LogP contribution >= 0.6 is 27.5 Å². The van der Waals surface area contributed by atoms with Crippen molar-refractivity contribution in [3.63, 3.8) is 0 Å². The SMILES string of the molecule is O=C(COc1ccc(Cl)cc1Br)NN=Cc1ccc([N+](=O)[O-])cc1. The summed E-state index contributed by atoms with van der Waals surface area (Å²) < 4.78 is 5.97. The number of nitrogens with one attached hydrogen (secondary N) is 1. The molecule has 9 heteroatoms. The number of hydrogen-bond acceptors (Lipinski definition) is 5. The molecule has 0 aliphatic rings. The van der Waals surface area contributed by atoms with Crippen molar-refractivity contribution in [2.24, 2.45) is 5.10 Å². The van der Waals surface area contributed by atoms with Crippen molar-refractivity contribution in [1.82, 2.24) is 5.43 Å². The van der Waals surface area contributed by atoms with Crippen LogP contribution in [0.25, 0.3) is 0 Å². The molecule has 2 aromatic carbocycles. The number of hydrogen-bond donors (Lipinski definition) is 1. The molecule has 7 nitrogen and oxygen atoms in total. The number of ether oxygens (including phenoxy) is 1. The first-order chi connectivity index (χ1) is 11.5. The molecule has 24 heavy (non-hydrogen) atoms. The molecule has 0 aliphatic carbocycles. The third-order valence-corrected chi connectivity index (χ3v) is 3.61. The number of carbonyl (C=O) groups is 1. The summed E-state index contributed by atoms with van der Waals surface area (Å²) in [4.78, 5) is 21.7. The van der Waals surface area contributed by atoms with E-state index in [2.05, 4.69) is 26.5 Å². The van der Waals surface area contributed by atoms with Gasteiger partial charge in [0.05, 0.1) is 15.6 Å². The Balaban J connectivity index is 1.83. The molecule has 0 aromatic heterocycles. The van der Waals surface area contributed by atoms with Gasteiger partial charge in [-0.05, 0) is 51.8 Å². The van der Waals surface area contributed by atoms with Crippen LogP contribution in [0.2, 0.25) is 5.02 Å². The number of rotatable bonds is 6. The minimum Gasteiger partial charge on any atom is -0.483 e. The minimum absolute atomic E-state index is 0.0156. The summed E-state index contributed by atoms with van der Waals surface area (Å²) in [6.07, 6.45) is 1.37. The molecule has 0 saturated heterocycles. The quantitative estimate of drug-likeness (QED) is 0.446. The Labute approximate surface area is 150 Å². The van der Waals surface area contributed by atoms with Gasteiger partial charge in [-0.25, -0.2) is 5.43 Å². The lowest BCUT2D eigenvalue weighted by Gasteiger charge is -2.07. The summed E-state index contributed by atoms with van der Waals surface area (Å²) >= 11 is 9.09. The van der Waals surface area contributed by atoms with Crippen molar-refractivity contribution >= 4 is 45.3 Å². The van der Waals surface area contributed by atoms with Crippen LogP contribution in [-0.4, -0.2) is 23.7 Å². The van der Waals surface area contributed by atoms with Crippen molar-refractivity contribution in [1.29, 1.82) is 0 Å². The molecule has 1 amide bonds. The zero-order chi connectivity index (χ0) is 17.5. The van der Waals surface area contributed by atoms with Gasteiger partial charge in [0.1, 0.15) is 5.75 Å². The van der Waals surface area contributed by atoms with Gasteiger partial charge in [-0.3, -0.25) is 14.9 Å². The van der Waals surface area contributed by atoms with Gasteiger partial charge in [-0.15, -0.1) is 0 Å². The second-order valence-electron chi connectivity index (χ2n) is 4.51. The van der Waals surface area contributed by atoms with Gasteiger partial charge in [0, 0.05) is 17.2 Å². The van der Waals surface area contributed by atoms with E-state index in [0.717, 1.165) is 0 Å². The van der Waals surface area contributed by atoms with Crippen LogP contribution in [0, 0.1) is 10.1 Å². The van der Waals surface area contributed by atoms with Crippen LogP contribution in [0.1, 0.15) is 5.56 Å². The summed E-state index contributed by atoms with van der Waals surface area (Å²) in [6, 6.07) is 10.7. The predicted octanol–water partition coefficient (Wildman–Crippen LogP) is 3.54. The van der Waals surface area contributed by atoms with Crippen molar-refractivity contribution < 1.29 is 14.5 Å². The summed E-state index contributed by atoms with van der Waals surface area (Å²) in [6.45, 7) is -0.224. The molecule has 0 unspecified atom stereocenters. The van der Waals surface area contributed by atoms with Crippen molar-refractivity contribution in [2.75, 3.05) is 6.61 Å². The monoisotopic (exact) mass is 411 g/mol. The molecular weight excluding hydrogens is 402 g/mol. The summed E-state index contributed by atoms with van der Waals surface area (Å²) in [5, 5.41) is 14.8. The maximum atomic E-state index is 11.6. The van der Waals surface area contributed by atoms with Gasteiger partial charge in [0.25, 0.3) is 11.6 Å². The summed E-state index contributed by atoms with van der Waals surface area (Å²) in [7, 11) is 0. The highest BCUT2D eigenvalue weighted by molar-refractivity contribution is 9.10. The van der Waals surface area contributed by atoms with Gasteiger partial charge < -0.3 is 4.74 Å². The summed E-state index contributed by atoms with van der Waals surface area (Å²) in [5.74, 6) is 0.0314. The van der Waals surface area contributed by atoms with Crippen LogP contribution < -0.4 is 10.2 Å². The fraction of sp³-hybridized carbons (Fsp3) is 0.0667. The normalized spacial score (nSPS) is 10.6. The Hall–Kier alpha value is -2.45. The number of nitrogens with zero attached hydrogens (tertiary/aromatic N) is 2. The third-order valence-electron chi connectivity index (χ3n) is 2.76. The number of nitro benzene ring substituents is 1. The molecule has 0 fully saturated rings. The maximum absolute atomic E-state index is 11.6. The van der Waals surface area contributed by atoms with E-state index >= 15 is 0 Å². The van der Waals surface area contributed by atoms with Crippen LogP contribution in [0.4, 0.5) is 5.69 Å². The van der Waals surface area contributed by atoms with E-state index in [1.54, 1.807) is 18.2 Å². The third kappa shape index (κ3) is 5.32. The van der Waals surface area contributed by atoms with E-state index in [4.69, 9.17) is 16.3 Å². The number of nitro groups is 1. The Morgan fingerprint density at radius 1 is 1.33 bits per heavy atom. The average molecular weight is 413 g/mol. The number of non-ortho nitro benzene ring substituents is 1. The second-order valence-corrected chi connectivity index (χ2v) is 5.80. The topological polar surface area (TPSA) is 93.8 Å². The number of amides is 1. The predicted molar refractivity (Wildman–Crippen MR) is 93.5 cm³/mol. The average Bonchev–Trinajstić information content (AvgIpc) is 2.54. The van der Waals surface area contributed by atoms with Gasteiger partial charge in [0.2, 0.25) is 0 Å². The molecule has 0 spiro atoms. The first-order valence-electron chi connectivity index (χ1n) is 6.60. The minimum atomic E-state index is -0.491. The van der Waals surface area contributed by atoms with Crippen LogP contribution in [0.15, 0.2) is 52.0 Å². The van der Waals surface area contributed by atoms with Crippen LogP contribution in [0.5, 0.6) is 5.75 Å². The lowest BCUT2D eigenvalue weighted by atomic mass is 10.2. The van der Waals surface area contributed by atoms with E-state index in [9.17, 15) is 14.9 Å². The fourth-order valence-electron chi connectivity index (χ4n) is 1.63. The largest absolute Gasteiger partial charge is 0.483 e. The number of hydrazone groups is 1. The molecule has 124 valence electrons. The molecule has 0 saturated carbocycles. The molecule has 0 atom stereocenters. The zero-order valence-corrected chi connectivity index (χ0v) is 14.5. The van der Waals surface area contributed by atoms with Gasteiger partial charge in [-0.2, -0.15) is 5.10 Å². The molecule has 1 N–H and O–H groups in total. The molecule has 0 heterocycles. The Bertz CT molecular complexity index is 781. The van der Waals surface area contributed by atoms with Gasteiger partial charge >= 0.3 is 0 Å². The molecular formula is C15H11BrClN3O4. The number of halogens is 2. The molecule has 2 aromatic rings. The van der Waals surface area contributed by atoms with Gasteiger partial charge in [-0.1, -0.05) is 11.6 Å². The summed E-state index contributed by atoms with van der Waals surface area (Å²) in [5.41, 5.74) is 2.90. The Kier molecular flexibility index (Phi) is 6.28. The molecule has 0 aliphatic heterocycles. The van der Waals surface area contributed by atoms with E-state index < -0.39 is 10.8 Å². The van der Waals surface area contributed by atoms with E-state index in [1.165, 1.54) is 30.5 Å². The Morgan fingerprint density at radius 3 is 2.67 bits per heavy atom. The molecule has 2 rings (SSSR count). The second kappa shape index (κ2) is 8.42. The molecule has 0 radical (unpaired) electrons. The van der Waals surface area contributed by atoms with E-state index in [0.29, 0.717) is 20.8 Å². The van der Waals surface area contributed by atoms with Crippen molar-refractivity contribution in [3.8, 4) is 5.75 Å². The highest BCUT2D eigenvalue weighted by atomic mass is 79.9. The first-order valence-corrected chi connectivity index (χ1v) is 7.77. The number of benzene rings is 2. The highest BCUT2D eigenvalue weighted by Gasteiger charge is 2.06. The fourth-order valence-corrected chi connectivity index (χ4v) is 2.43. The van der Waals surface area contributed by atoms with Crippen LogP contribution in [-0.2, 0) is 4.79 Å². The standard InChI is InChI=1S/C15H11BrClN3O4/c16-13-7-11(17)3-6-14(13)24-9-15(21)19-18-8-10-1-4-12(5-2-10)20(22)23/h1-8H,9H2,(H,19,21). The van der Waals surface area contributed by atoms with Crippen molar-refractivity contribution in [3.05, 3.63) is 67.6 Å². The lowest BCUT2D eigenvalue weighted by molar-refractivity contribution is -0.384. The Morgan fingerprint density at radius 2 is 2.04 bits per heavy atom. The highest BCUT2D eigenvalue weighted by Crippen LogP contribution is 2.27. The van der Waals surface area contributed by atoms with Gasteiger partial charge in [0.15, 0.2) is 6.61 Å². The first kappa shape index (κ1) is 17.9. The van der Waals surface area contributed by atoms with Crippen LogP contribution in [0.3, 0.4) is 0 Å². The lowest BCUT2D eigenvalue weighted by Crippen LogP contribution is -2.24. The smallest absolute Gasteiger partial charge is 0.277 e. The van der Waals surface area contributed by atoms with E-state index in [-0.39, 0.29) is 12.3 Å². The van der Waals surface area contributed by atoms with Crippen molar-refractivity contribution in [2.45, 2.75) is 0 Å². The zero-order valence-electron chi connectivity index (χ0n) is 12.1.